The normalized spacial score (nSPS) is 12.6. The van der Waals surface area contributed by atoms with Gasteiger partial charge >= 0.3 is 5.97 Å². The van der Waals surface area contributed by atoms with Gasteiger partial charge in [0.2, 0.25) is 11.2 Å². The van der Waals surface area contributed by atoms with Crippen molar-refractivity contribution in [1.29, 1.82) is 0 Å². The fourth-order valence-electron chi connectivity index (χ4n) is 3.59. The van der Waals surface area contributed by atoms with Gasteiger partial charge in [0.05, 0.1) is 19.5 Å². The molecule has 3 rings (SSSR count). The van der Waals surface area contributed by atoms with Gasteiger partial charge < -0.3 is 20.2 Å². The van der Waals surface area contributed by atoms with E-state index in [-0.39, 0.29) is 12.9 Å². The number of esters is 1. The number of carbonyl (C=O) groups excluding carboxylic acids is 2. The topological polar surface area (TPSA) is 98.7 Å². The van der Waals surface area contributed by atoms with Gasteiger partial charge in [-0.1, -0.05) is 30.3 Å². The molecule has 0 bridgehead atoms. The van der Waals surface area contributed by atoms with E-state index in [9.17, 15) is 40.7 Å². The molecule has 3 aromatic rings. The van der Waals surface area contributed by atoms with Crippen LogP contribution in [-0.4, -0.2) is 42.6 Å². The SMILES string of the molecule is COC(=O)c1c(OCc2ccccc2)c(=O)c(C(=O)NCc2c(F)cc(F)cc2F)cn1NC(C=CF)C(F)CF. The van der Waals surface area contributed by atoms with Gasteiger partial charge in [0.25, 0.3) is 5.91 Å². The van der Waals surface area contributed by atoms with Crippen LogP contribution in [0.25, 0.3) is 0 Å². The van der Waals surface area contributed by atoms with Crippen molar-refractivity contribution in [2.75, 3.05) is 19.2 Å². The second kappa shape index (κ2) is 14.1. The number of nitrogens with zero attached hydrogens (tertiary/aromatic N) is 1. The van der Waals surface area contributed by atoms with E-state index in [0.29, 0.717) is 34.6 Å². The number of benzene rings is 2. The monoisotopic (exact) mass is 583 g/mol. The second-order valence-electron chi connectivity index (χ2n) is 8.36. The average Bonchev–Trinajstić information content (AvgIpc) is 2.95. The Kier molecular flexibility index (Phi) is 10.6. The molecule has 14 heteroatoms. The van der Waals surface area contributed by atoms with E-state index >= 15 is 0 Å². The zero-order valence-electron chi connectivity index (χ0n) is 21.3. The highest BCUT2D eigenvalue weighted by molar-refractivity contribution is 5.97. The van der Waals surface area contributed by atoms with Crippen molar-refractivity contribution in [2.45, 2.75) is 25.4 Å². The molecule has 0 aliphatic rings. The van der Waals surface area contributed by atoms with Crippen LogP contribution in [0.3, 0.4) is 0 Å². The number of halogens is 6. The molecule has 218 valence electrons. The van der Waals surface area contributed by atoms with Gasteiger partial charge in [-0.05, 0) is 11.6 Å². The van der Waals surface area contributed by atoms with Crippen molar-refractivity contribution in [1.82, 2.24) is 9.99 Å². The number of aromatic nitrogens is 1. The molecule has 2 aromatic carbocycles. The van der Waals surface area contributed by atoms with Gasteiger partial charge in [0.1, 0.15) is 36.3 Å². The molecule has 0 aliphatic carbocycles. The number of alkyl halides is 2. The average molecular weight is 583 g/mol. The van der Waals surface area contributed by atoms with Crippen molar-refractivity contribution in [2.24, 2.45) is 0 Å². The first-order valence-corrected chi connectivity index (χ1v) is 11.8. The summed E-state index contributed by atoms with van der Waals surface area (Å²) in [6.45, 7) is -2.71. The minimum Gasteiger partial charge on any atom is -0.482 e. The van der Waals surface area contributed by atoms with Crippen LogP contribution < -0.4 is 20.9 Å². The molecule has 0 spiro atoms. The van der Waals surface area contributed by atoms with Crippen LogP contribution in [0.1, 0.15) is 32.0 Å². The van der Waals surface area contributed by atoms with E-state index in [2.05, 4.69) is 10.7 Å². The van der Waals surface area contributed by atoms with Gasteiger partial charge in [0, 0.05) is 30.4 Å². The number of hydrogen-bond acceptors (Lipinski definition) is 6. The molecule has 1 heterocycles. The number of methoxy groups -OCH3 is 1. The Morgan fingerprint density at radius 2 is 1.76 bits per heavy atom. The number of carbonyl (C=O) groups is 2. The van der Waals surface area contributed by atoms with Crippen molar-refractivity contribution >= 4 is 11.9 Å². The molecule has 1 amide bonds. The van der Waals surface area contributed by atoms with Crippen molar-refractivity contribution in [3.05, 3.63) is 111 Å². The maximum absolute atomic E-state index is 14.2. The maximum atomic E-state index is 14.2. The molecule has 0 saturated carbocycles. The Hall–Kier alpha value is -4.75. The van der Waals surface area contributed by atoms with Gasteiger partial charge in [-0.2, -0.15) is 0 Å². The largest absolute Gasteiger partial charge is 0.482 e. The van der Waals surface area contributed by atoms with E-state index < -0.39 is 82.8 Å². The van der Waals surface area contributed by atoms with Gasteiger partial charge in [-0.25, -0.2) is 31.1 Å². The number of hydrogen-bond donors (Lipinski definition) is 2. The summed E-state index contributed by atoms with van der Waals surface area (Å²) in [4.78, 5) is 39.1. The zero-order chi connectivity index (χ0) is 30.1. The quantitative estimate of drug-likeness (QED) is 0.244. The lowest BCUT2D eigenvalue weighted by atomic mass is 10.1. The third kappa shape index (κ3) is 7.47. The summed E-state index contributed by atoms with van der Waals surface area (Å²) >= 11 is 0. The molecule has 0 radical (unpaired) electrons. The standard InChI is InChI=1S/C27H23F6N3O5/c1-40-27(39)23-25(41-14-15-5-3-2-4-6-15)24(37)18(13-36(23)35-22(7-8-28)21(33)11-29)26(38)34-12-17-19(31)9-16(30)10-20(17)32/h2-10,13,21-22,35H,11-12,14H2,1H3,(H,34,38). The fourth-order valence-corrected chi connectivity index (χ4v) is 3.59. The Morgan fingerprint density at radius 3 is 2.34 bits per heavy atom. The highest BCUT2D eigenvalue weighted by Crippen LogP contribution is 2.20. The number of ether oxygens (including phenoxy) is 2. The lowest BCUT2D eigenvalue weighted by Crippen LogP contribution is -2.40. The molecular formula is C27H23F6N3O5. The van der Waals surface area contributed by atoms with Crippen molar-refractivity contribution < 1.29 is 45.4 Å². The van der Waals surface area contributed by atoms with E-state index in [4.69, 9.17) is 9.47 Å². The Balaban J connectivity index is 2.12. The van der Waals surface area contributed by atoms with Crippen LogP contribution in [0, 0.1) is 17.5 Å². The maximum Gasteiger partial charge on any atom is 0.360 e. The van der Waals surface area contributed by atoms with E-state index in [1.165, 1.54) is 0 Å². The van der Waals surface area contributed by atoms with E-state index in [0.717, 1.165) is 7.11 Å². The number of amides is 1. The molecule has 2 atom stereocenters. The molecule has 0 saturated heterocycles. The van der Waals surface area contributed by atoms with Crippen LogP contribution in [0.5, 0.6) is 5.75 Å². The summed E-state index contributed by atoms with van der Waals surface area (Å²) in [5.41, 5.74) is -0.564. The van der Waals surface area contributed by atoms with Crippen LogP contribution in [0.4, 0.5) is 26.3 Å². The number of nitrogens with one attached hydrogen (secondary N) is 2. The third-order valence-electron chi connectivity index (χ3n) is 5.65. The Morgan fingerprint density at radius 1 is 1.10 bits per heavy atom. The minimum atomic E-state index is -2.35. The van der Waals surface area contributed by atoms with Gasteiger partial charge in [-0.3, -0.25) is 14.3 Å². The van der Waals surface area contributed by atoms with Crippen LogP contribution >= 0.6 is 0 Å². The molecule has 8 nitrogen and oxygen atoms in total. The predicted molar refractivity (Wildman–Crippen MR) is 135 cm³/mol. The lowest BCUT2D eigenvalue weighted by molar-refractivity contribution is 0.0581. The third-order valence-corrected chi connectivity index (χ3v) is 5.65. The van der Waals surface area contributed by atoms with Crippen molar-refractivity contribution in [3.8, 4) is 5.75 Å². The molecule has 2 unspecified atom stereocenters. The smallest absolute Gasteiger partial charge is 0.360 e. The molecule has 0 aliphatic heterocycles. The highest BCUT2D eigenvalue weighted by Gasteiger charge is 2.29. The van der Waals surface area contributed by atoms with Crippen LogP contribution in [-0.2, 0) is 17.9 Å². The summed E-state index contributed by atoms with van der Waals surface area (Å²) in [6, 6.07) is 7.28. The summed E-state index contributed by atoms with van der Waals surface area (Å²) in [6.07, 6.45) is -1.16. The summed E-state index contributed by atoms with van der Waals surface area (Å²) in [5.74, 6) is -7.03. The number of rotatable bonds is 12. The summed E-state index contributed by atoms with van der Waals surface area (Å²) in [5, 5.41) is 2.10. The Labute approximate surface area is 229 Å². The van der Waals surface area contributed by atoms with Crippen molar-refractivity contribution in [3.63, 3.8) is 0 Å². The molecule has 2 N–H and O–H groups in total. The zero-order valence-corrected chi connectivity index (χ0v) is 21.3. The molecular weight excluding hydrogens is 560 g/mol. The van der Waals surface area contributed by atoms with E-state index in [1.807, 2.05) is 0 Å². The minimum absolute atomic E-state index is 0.0908. The Bertz CT molecular complexity index is 1460. The molecule has 1 aromatic heterocycles. The predicted octanol–water partition coefficient (Wildman–Crippen LogP) is 4.26. The van der Waals surface area contributed by atoms with Gasteiger partial charge in [0.15, 0.2) is 11.9 Å². The van der Waals surface area contributed by atoms with E-state index in [1.54, 1.807) is 30.3 Å². The first-order valence-electron chi connectivity index (χ1n) is 11.8. The summed E-state index contributed by atoms with van der Waals surface area (Å²) in [7, 11) is 0.947. The first-order chi connectivity index (χ1) is 19.6. The molecule has 0 fully saturated rings. The van der Waals surface area contributed by atoms with Crippen LogP contribution in [0.15, 0.2) is 65.9 Å². The number of pyridine rings is 1. The highest BCUT2D eigenvalue weighted by atomic mass is 19.2. The molecule has 41 heavy (non-hydrogen) atoms. The second-order valence-corrected chi connectivity index (χ2v) is 8.36. The fraction of sp³-hybridized carbons (Fsp3) is 0.222. The van der Waals surface area contributed by atoms with Gasteiger partial charge in [-0.15, -0.1) is 0 Å². The van der Waals surface area contributed by atoms with Crippen LogP contribution in [0.2, 0.25) is 0 Å². The lowest BCUT2D eigenvalue weighted by Gasteiger charge is -2.24. The first kappa shape index (κ1) is 30.8. The summed E-state index contributed by atoms with van der Waals surface area (Å²) < 4.78 is 92.5.